The van der Waals surface area contributed by atoms with Crippen LogP contribution in [0, 0.1) is 0 Å². The average Bonchev–Trinajstić information content (AvgIpc) is 2.12. The normalized spacial score (nSPS) is 11.2. The Morgan fingerprint density at radius 1 is 0.545 bits per heavy atom. The fourth-order valence-corrected chi connectivity index (χ4v) is 1.30. The third-order valence-corrected chi connectivity index (χ3v) is 3.31. The largest absolute Gasteiger partial charge is 3.00 e. The topological polar surface area (TPSA) is 250 Å². The van der Waals surface area contributed by atoms with Crippen LogP contribution in [-0.4, -0.2) is 84.2 Å². The Morgan fingerprint density at radius 2 is 0.682 bits per heavy atom. The summed E-state index contributed by atoms with van der Waals surface area (Å²) in [6.45, 7) is -0.274. The third kappa shape index (κ3) is 50.3. The van der Waals surface area contributed by atoms with E-state index in [1.807, 2.05) is 0 Å². The maximum atomic E-state index is 9.60. The van der Waals surface area contributed by atoms with Gasteiger partial charge in [0.1, 0.15) is 0 Å². The zero-order valence-corrected chi connectivity index (χ0v) is 13.9. The van der Waals surface area contributed by atoms with E-state index in [0.717, 1.165) is 0 Å². The maximum Gasteiger partial charge on any atom is 3.00 e. The van der Waals surface area contributed by atoms with Crippen LogP contribution in [0.2, 0.25) is 0 Å². The van der Waals surface area contributed by atoms with Crippen molar-refractivity contribution in [3.63, 3.8) is 0 Å². The summed E-state index contributed by atoms with van der Waals surface area (Å²) in [4.78, 5) is 0. The molecule has 0 spiro atoms. The van der Waals surface area contributed by atoms with Crippen LogP contribution in [0.25, 0.3) is 0 Å². The Labute approximate surface area is 132 Å². The molecule has 0 amide bonds. The Morgan fingerprint density at radius 3 is 0.682 bits per heavy atom. The molecule has 0 unspecified atom stereocenters. The quantitative estimate of drug-likeness (QED) is 0.288. The van der Waals surface area contributed by atoms with Gasteiger partial charge in [0.15, 0.2) is 0 Å². The van der Waals surface area contributed by atoms with E-state index in [1.165, 1.54) is 0 Å². The first-order valence-electron chi connectivity index (χ1n) is 5.09. The molecule has 0 radical (unpaired) electrons. The van der Waals surface area contributed by atoms with E-state index in [-0.39, 0.29) is 28.0 Å². The van der Waals surface area contributed by atoms with Crippen molar-refractivity contribution in [2.75, 3.05) is 36.9 Å². The van der Waals surface area contributed by atoms with E-state index >= 15 is 0 Å². The summed E-state index contributed by atoms with van der Waals surface area (Å²) in [6.07, 6.45) is 0. The molecule has 0 rings (SSSR count). The van der Waals surface area contributed by atoms with Crippen molar-refractivity contribution >= 4 is 38.8 Å². The first-order valence-corrected chi connectivity index (χ1v) is 9.82. The summed E-state index contributed by atoms with van der Waals surface area (Å²) in [5.41, 5.74) is 14.2. The molecule has 0 aliphatic rings. The fraction of sp³-hybridized carbons (Fsp3) is 1.00. The van der Waals surface area contributed by atoms with Crippen molar-refractivity contribution in [2.45, 2.75) is 0 Å². The van der Waals surface area contributed by atoms with Crippen molar-refractivity contribution in [3.8, 4) is 0 Å². The van der Waals surface area contributed by atoms with Crippen molar-refractivity contribution < 1.29 is 38.9 Å². The van der Waals surface area contributed by atoms with E-state index in [4.69, 9.17) is 17.2 Å². The molecular formula is C6H18BN3O9S3. The predicted octanol–water partition coefficient (Wildman–Crippen LogP) is -4.91. The van der Waals surface area contributed by atoms with Gasteiger partial charge in [0.2, 0.25) is 0 Å². The van der Waals surface area contributed by atoms with Gasteiger partial charge < -0.3 is 30.9 Å². The Bertz CT molecular complexity index is 464. The zero-order chi connectivity index (χ0) is 17.7. The molecule has 0 aromatic rings. The van der Waals surface area contributed by atoms with Crippen LogP contribution >= 0.6 is 0 Å². The average molecular weight is 383 g/mol. The van der Waals surface area contributed by atoms with E-state index in [1.54, 1.807) is 0 Å². The molecule has 12 nitrogen and oxygen atoms in total. The summed E-state index contributed by atoms with van der Waals surface area (Å²) in [7, 11) is -12.1. The van der Waals surface area contributed by atoms with E-state index in [0.29, 0.717) is 0 Å². The molecule has 16 heteroatoms. The first-order chi connectivity index (χ1) is 9.18. The smallest absolute Gasteiger partial charge is 0.748 e. The molecule has 0 atom stereocenters. The summed E-state index contributed by atoms with van der Waals surface area (Å²) in [5.74, 6) is -1.40. The second-order valence-corrected chi connectivity index (χ2v) is 7.72. The van der Waals surface area contributed by atoms with E-state index < -0.39 is 47.6 Å². The molecule has 0 bridgehead atoms. The van der Waals surface area contributed by atoms with Crippen molar-refractivity contribution in [1.82, 2.24) is 0 Å². The van der Waals surface area contributed by atoms with Crippen LogP contribution in [0.3, 0.4) is 0 Å². The van der Waals surface area contributed by atoms with Crippen LogP contribution < -0.4 is 17.2 Å². The molecule has 22 heavy (non-hydrogen) atoms. The molecule has 0 aromatic heterocycles. The summed E-state index contributed by atoms with van der Waals surface area (Å²) < 4.78 is 86.4. The molecule has 0 aromatic carbocycles. The van der Waals surface area contributed by atoms with Crippen LogP contribution in [-0.2, 0) is 30.4 Å². The minimum absolute atomic E-state index is 0. The minimum Gasteiger partial charge on any atom is -0.748 e. The second-order valence-electron chi connectivity index (χ2n) is 3.15. The second kappa shape index (κ2) is 14.3. The van der Waals surface area contributed by atoms with E-state index in [9.17, 15) is 38.9 Å². The summed E-state index contributed by atoms with van der Waals surface area (Å²) in [6, 6.07) is 0. The monoisotopic (exact) mass is 383 g/mol. The molecule has 0 aliphatic heterocycles. The standard InChI is InChI=1S/3C2H7NO3S.B/c3*3-1-2-7(4,5)6;/h3*1-3H2,(H,4,5,6);/q;;;+3/p-3. The summed E-state index contributed by atoms with van der Waals surface area (Å²) in [5, 5.41) is 0. The predicted molar refractivity (Wildman–Crippen MR) is 76.6 cm³/mol. The van der Waals surface area contributed by atoms with E-state index in [2.05, 4.69) is 0 Å². The van der Waals surface area contributed by atoms with Gasteiger partial charge in [-0.2, -0.15) is 0 Å². The molecule has 0 fully saturated rings. The minimum atomic E-state index is -4.05. The van der Waals surface area contributed by atoms with Gasteiger partial charge in [0, 0.05) is 19.6 Å². The molecular weight excluding hydrogens is 365 g/mol. The molecule has 132 valence electrons. The fourth-order valence-electron chi connectivity index (χ4n) is 0.433. The van der Waals surface area contributed by atoms with Gasteiger partial charge in [-0.15, -0.1) is 0 Å². The van der Waals surface area contributed by atoms with Gasteiger partial charge >= 0.3 is 8.41 Å². The third-order valence-electron chi connectivity index (χ3n) is 1.10. The van der Waals surface area contributed by atoms with Gasteiger partial charge in [-0.1, -0.05) is 0 Å². The van der Waals surface area contributed by atoms with Crippen LogP contribution in [0.15, 0.2) is 0 Å². The molecule has 0 saturated heterocycles. The van der Waals surface area contributed by atoms with Gasteiger partial charge in [-0.3, -0.25) is 0 Å². The molecule has 0 aliphatic carbocycles. The SMILES string of the molecule is NCCS(=O)(=O)[O-].NCCS(=O)(=O)[O-].NCCS(=O)(=O)[O-].[B+3]. The van der Waals surface area contributed by atoms with Gasteiger partial charge in [-0.25, -0.2) is 25.3 Å². The van der Waals surface area contributed by atoms with Gasteiger partial charge in [0.05, 0.1) is 47.6 Å². The number of nitrogens with two attached hydrogens (primary N) is 3. The van der Waals surface area contributed by atoms with Gasteiger partial charge in [0.25, 0.3) is 0 Å². The first kappa shape index (κ1) is 29.7. The number of hydrogen-bond donors (Lipinski definition) is 3. The van der Waals surface area contributed by atoms with Crippen molar-refractivity contribution in [1.29, 1.82) is 0 Å². The molecule has 6 N–H and O–H groups in total. The summed E-state index contributed by atoms with van der Waals surface area (Å²) >= 11 is 0. The Balaban J connectivity index is -0.000000108. The zero-order valence-electron chi connectivity index (χ0n) is 11.5. The molecule has 0 saturated carbocycles. The van der Waals surface area contributed by atoms with Gasteiger partial charge in [-0.05, 0) is 0 Å². The Hall–Kier alpha value is -0.325. The van der Waals surface area contributed by atoms with Crippen LogP contribution in [0.4, 0.5) is 0 Å². The van der Waals surface area contributed by atoms with Crippen LogP contribution in [0.5, 0.6) is 0 Å². The van der Waals surface area contributed by atoms with Crippen LogP contribution in [0.1, 0.15) is 0 Å². The van der Waals surface area contributed by atoms with Crippen molar-refractivity contribution in [2.24, 2.45) is 17.2 Å². The number of hydrogen-bond acceptors (Lipinski definition) is 12. The van der Waals surface area contributed by atoms with Crippen molar-refractivity contribution in [3.05, 3.63) is 0 Å². The number of rotatable bonds is 6. The maximum absolute atomic E-state index is 9.60. The Kier molecular flexibility index (Phi) is 19.2. The molecule has 0 heterocycles.